The molecule has 0 amide bonds. The molecule has 19 heavy (non-hydrogen) atoms. The van der Waals surface area contributed by atoms with Gasteiger partial charge in [-0.25, -0.2) is 4.39 Å². The first-order valence-electron chi connectivity index (χ1n) is 6.57. The lowest BCUT2D eigenvalue weighted by Gasteiger charge is -2.44. The molecule has 3 nitrogen and oxygen atoms in total. The van der Waals surface area contributed by atoms with Gasteiger partial charge < -0.3 is 14.2 Å². The average molecular weight is 262 g/mol. The van der Waals surface area contributed by atoms with Crippen molar-refractivity contribution in [3.8, 4) is 0 Å². The SMILES string of the molecule is [B][C@H]1C[C@@H]2O[C@H](c3ccccc3)OC[C@H]2OC1CF. The monoisotopic (exact) mass is 262 g/mol. The Labute approximate surface area is 113 Å². The maximum atomic E-state index is 12.7. The molecular formula is C14H16BFO3. The fourth-order valence-electron chi connectivity index (χ4n) is 2.59. The highest BCUT2D eigenvalue weighted by Gasteiger charge is 2.41. The lowest BCUT2D eigenvalue weighted by molar-refractivity contribution is -0.288. The van der Waals surface area contributed by atoms with Crippen molar-refractivity contribution >= 4 is 7.85 Å². The lowest BCUT2D eigenvalue weighted by Crippen LogP contribution is -2.50. The van der Waals surface area contributed by atoms with E-state index in [0.29, 0.717) is 13.0 Å². The van der Waals surface area contributed by atoms with Gasteiger partial charge in [-0.2, -0.15) is 0 Å². The van der Waals surface area contributed by atoms with Gasteiger partial charge in [-0.3, -0.25) is 0 Å². The van der Waals surface area contributed by atoms with Crippen LogP contribution in [0.4, 0.5) is 4.39 Å². The largest absolute Gasteiger partial charge is 0.368 e. The van der Waals surface area contributed by atoms with Gasteiger partial charge in [0, 0.05) is 5.56 Å². The van der Waals surface area contributed by atoms with E-state index in [1.807, 2.05) is 30.3 Å². The van der Waals surface area contributed by atoms with Crippen LogP contribution in [0.15, 0.2) is 30.3 Å². The first-order chi connectivity index (χ1) is 9.28. The summed E-state index contributed by atoms with van der Waals surface area (Å²) in [6.45, 7) is -0.153. The zero-order valence-corrected chi connectivity index (χ0v) is 10.6. The standard InChI is InChI=1S/C14H16BFO3/c15-10-6-11-13(18-12(10)7-16)8-17-14(19-11)9-4-2-1-3-5-9/h1-5,10-14H,6-8H2/t10-,11-,12?,13+,14+/m0/s1. The smallest absolute Gasteiger partial charge is 0.184 e. The third-order valence-electron chi connectivity index (χ3n) is 3.68. The zero-order chi connectivity index (χ0) is 13.2. The summed E-state index contributed by atoms with van der Waals surface area (Å²) in [4.78, 5) is 0. The van der Waals surface area contributed by atoms with Gasteiger partial charge in [-0.1, -0.05) is 30.3 Å². The van der Waals surface area contributed by atoms with Gasteiger partial charge in [-0.05, 0) is 12.2 Å². The first-order valence-corrected chi connectivity index (χ1v) is 6.57. The second-order valence-electron chi connectivity index (χ2n) is 5.02. The summed E-state index contributed by atoms with van der Waals surface area (Å²) in [6.07, 6.45) is -0.675. The highest BCUT2D eigenvalue weighted by atomic mass is 19.1. The minimum Gasteiger partial charge on any atom is -0.368 e. The number of halogens is 1. The molecule has 0 spiro atoms. The molecule has 2 radical (unpaired) electrons. The molecule has 5 atom stereocenters. The summed E-state index contributed by atoms with van der Waals surface area (Å²) in [5, 5.41) is 0. The molecule has 1 aromatic rings. The molecule has 1 unspecified atom stereocenters. The summed E-state index contributed by atoms with van der Waals surface area (Å²) in [5.41, 5.74) is 0.974. The number of hydrogen-bond acceptors (Lipinski definition) is 3. The van der Waals surface area contributed by atoms with Crippen LogP contribution in [0.25, 0.3) is 0 Å². The maximum absolute atomic E-state index is 12.7. The molecular weight excluding hydrogens is 246 g/mol. The van der Waals surface area contributed by atoms with E-state index < -0.39 is 12.8 Å². The number of fused-ring (bicyclic) bond motifs is 1. The fraction of sp³-hybridized carbons (Fsp3) is 0.571. The molecule has 0 bridgehead atoms. The number of rotatable bonds is 2. The van der Waals surface area contributed by atoms with E-state index in [9.17, 15) is 4.39 Å². The molecule has 1 aromatic carbocycles. The Balaban J connectivity index is 1.68. The van der Waals surface area contributed by atoms with E-state index in [1.54, 1.807) is 0 Å². The highest BCUT2D eigenvalue weighted by molar-refractivity contribution is 6.12. The van der Waals surface area contributed by atoms with Crippen molar-refractivity contribution in [1.82, 2.24) is 0 Å². The van der Waals surface area contributed by atoms with E-state index in [0.717, 1.165) is 5.56 Å². The van der Waals surface area contributed by atoms with E-state index in [2.05, 4.69) is 0 Å². The van der Waals surface area contributed by atoms with Crippen molar-refractivity contribution in [2.24, 2.45) is 0 Å². The molecule has 0 N–H and O–H groups in total. The Morgan fingerprint density at radius 2 is 1.95 bits per heavy atom. The molecule has 2 heterocycles. The third kappa shape index (κ3) is 2.68. The topological polar surface area (TPSA) is 27.7 Å². The molecule has 3 rings (SSSR count). The number of ether oxygens (including phenoxy) is 3. The van der Waals surface area contributed by atoms with Crippen LogP contribution < -0.4 is 0 Å². The molecule has 0 aliphatic carbocycles. The summed E-state index contributed by atoms with van der Waals surface area (Å²) in [5.74, 6) is -0.319. The van der Waals surface area contributed by atoms with Gasteiger partial charge >= 0.3 is 0 Å². The van der Waals surface area contributed by atoms with Crippen molar-refractivity contribution in [3.63, 3.8) is 0 Å². The predicted molar refractivity (Wildman–Crippen MR) is 68.8 cm³/mol. The van der Waals surface area contributed by atoms with Crippen LogP contribution in [0.2, 0.25) is 5.82 Å². The van der Waals surface area contributed by atoms with Crippen LogP contribution in [-0.4, -0.2) is 39.4 Å². The van der Waals surface area contributed by atoms with Crippen LogP contribution in [0, 0.1) is 0 Å². The van der Waals surface area contributed by atoms with Crippen LogP contribution in [0.1, 0.15) is 18.3 Å². The van der Waals surface area contributed by atoms with Crippen LogP contribution in [0.5, 0.6) is 0 Å². The molecule has 5 heteroatoms. The summed E-state index contributed by atoms with van der Waals surface area (Å²) < 4.78 is 29.9. The van der Waals surface area contributed by atoms with Crippen molar-refractivity contribution in [2.75, 3.05) is 13.3 Å². The summed E-state index contributed by atoms with van der Waals surface area (Å²) in [7, 11) is 5.89. The summed E-state index contributed by atoms with van der Waals surface area (Å²) >= 11 is 0. The third-order valence-corrected chi connectivity index (χ3v) is 3.68. The van der Waals surface area contributed by atoms with E-state index in [4.69, 9.17) is 22.1 Å². The Morgan fingerprint density at radius 3 is 2.68 bits per heavy atom. The normalized spacial score (nSPS) is 38.7. The lowest BCUT2D eigenvalue weighted by atomic mass is 9.75. The molecule has 0 aromatic heterocycles. The van der Waals surface area contributed by atoms with Crippen molar-refractivity contribution in [2.45, 2.75) is 36.8 Å². The van der Waals surface area contributed by atoms with Crippen LogP contribution in [0.3, 0.4) is 0 Å². The Hall–Kier alpha value is -0.905. The highest BCUT2D eigenvalue weighted by Crippen LogP contribution is 2.37. The predicted octanol–water partition coefficient (Wildman–Crippen LogP) is 2.18. The second-order valence-corrected chi connectivity index (χ2v) is 5.02. The van der Waals surface area contributed by atoms with E-state index >= 15 is 0 Å². The molecule has 2 aliphatic rings. The minimum absolute atomic E-state index is 0.128. The van der Waals surface area contributed by atoms with Gasteiger partial charge in [0.25, 0.3) is 0 Å². The number of hydrogen-bond donors (Lipinski definition) is 0. The molecule has 2 aliphatic heterocycles. The van der Waals surface area contributed by atoms with Crippen LogP contribution in [-0.2, 0) is 14.2 Å². The van der Waals surface area contributed by atoms with Gasteiger partial charge in [0.1, 0.15) is 12.8 Å². The average Bonchev–Trinajstić information content (AvgIpc) is 2.47. The molecule has 2 fully saturated rings. The van der Waals surface area contributed by atoms with Crippen LogP contribution >= 0.6 is 0 Å². The van der Waals surface area contributed by atoms with Crippen molar-refractivity contribution in [1.29, 1.82) is 0 Å². The second kappa shape index (κ2) is 5.61. The zero-order valence-electron chi connectivity index (χ0n) is 10.6. The Morgan fingerprint density at radius 1 is 1.16 bits per heavy atom. The van der Waals surface area contributed by atoms with E-state index in [-0.39, 0.29) is 24.3 Å². The fourth-order valence-corrected chi connectivity index (χ4v) is 2.59. The molecule has 100 valence electrons. The molecule has 0 saturated carbocycles. The Kier molecular flexibility index (Phi) is 3.87. The number of benzene rings is 1. The summed E-state index contributed by atoms with van der Waals surface area (Å²) in [6, 6.07) is 9.74. The van der Waals surface area contributed by atoms with Gasteiger partial charge in [-0.15, -0.1) is 0 Å². The quantitative estimate of drug-likeness (QED) is 0.764. The van der Waals surface area contributed by atoms with Gasteiger partial charge in [0.2, 0.25) is 0 Å². The Bertz CT molecular complexity index is 416. The number of alkyl halides is 1. The van der Waals surface area contributed by atoms with Crippen molar-refractivity contribution in [3.05, 3.63) is 35.9 Å². The minimum atomic E-state index is -0.563. The van der Waals surface area contributed by atoms with Gasteiger partial charge in [0.15, 0.2) is 6.29 Å². The van der Waals surface area contributed by atoms with E-state index in [1.165, 1.54) is 0 Å². The first kappa shape index (κ1) is 13.1. The van der Waals surface area contributed by atoms with Gasteiger partial charge in [0.05, 0.1) is 26.7 Å². The molecule has 2 saturated heterocycles. The van der Waals surface area contributed by atoms with Crippen molar-refractivity contribution < 1.29 is 18.6 Å². The maximum Gasteiger partial charge on any atom is 0.184 e.